The van der Waals surface area contributed by atoms with Crippen molar-refractivity contribution in [1.82, 2.24) is 0 Å². The number of aryl methyl sites for hydroxylation is 2. The Morgan fingerprint density at radius 1 is 0.328 bits per heavy atom. The molecule has 0 nitrogen and oxygen atoms in total. The summed E-state index contributed by atoms with van der Waals surface area (Å²) in [5.74, 6) is 0.310. The van der Waals surface area contributed by atoms with Crippen molar-refractivity contribution in [2.75, 3.05) is 0 Å². The molecule has 10 rings (SSSR count). The van der Waals surface area contributed by atoms with Gasteiger partial charge in [-0.3, -0.25) is 0 Å². The van der Waals surface area contributed by atoms with E-state index in [0.717, 1.165) is 39.0 Å². The summed E-state index contributed by atoms with van der Waals surface area (Å²) in [5.41, 5.74) is 4.03. The number of benzene rings is 10. The Kier molecular flexibility index (Phi) is 18.2. The molecule has 0 aliphatic rings. The van der Waals surface area contributed by atoms with Gasteiger partial charge in [-0.25, -0.2) is 0 Å². The number of rotatable bonds is 11. The van der Waals surface area contributed by atoms with Gasteiger partial charge >= 0.3 is 445 Å². The summed E-state index contributed by atoms with van der Waals surface area (Å²) in [4.78, 5) is 0. The molecule has 0 aliphatic heterocycles. The van der Waals surface area contributed by atoms with Crippen molar-refractivity contribution in [1.29, 1.82) is 0 Å². The minimum absolute atomic E-state index is 0.310. The van der Waals surface area contributed by atoms with E-state index in [0.29, 0.717) is 5.92 Å². The van der Waals surface area contributed by atoms with Gasteiger partial charge in [-0.05, 0) is 0 Å². The predicted molar refractivity (Wildman–Crippen MR) is 311 cm³/mol. The number of fused-ring (bicyclic) bond motifs is 7. The van der Waals surface area contributed by atoms with E-state index in [9.17, 15) is 0 Å². The molecule has 0 heterocycles. The van der Waals surface area contributed by atoms with Gasteiger partial charge in [0, 0.05) is 0 Å². The molecule has 1 atom stereocenters. The Bertz CT molecular complexity index is 3190. The molecule has 0 N–H and O–H groups in total. The van der Waals surface area contributed by atoms with Crippen LogP contribution in [-0.2, 0) is 12.8 Å². The molecular formula is C55H47Cl9Sn3. The van der Waals surface area contributed by atoms with Crippen LogP contribution in [0.3, 0.4) is 0 Å². The van der Waals surface area contributed by atoms with Gasteiger partial charge in [0.15, 0.2) is 0 Å². The first-order valence-corrected chi connectivity index (χ1v) is 60.9. The first-order valence-electron chi connectivity index (χ1n) is 22.3. The quantitative estimate of drug-likeness (QED) is 0.0894. The Morgan fingerprint density at radius 2 is 0.672 bits per heavy atom. The van der Waals surface area contributed by atoms with Crippen LogP contribution in [0.5, 0.6) is 0 Å². The van der Waals surface area contributed by atoms with Crippen LogP contribution in [0.4, 0.5) is 0 Å². The predicted octanol–water partition coefficient (Wildman–Crippen LogP) is 21.1. The van der Waals surface area contributed by atoms with E-state index in [1.165, 1.54) is 92.1 Å². The van der Waals surface area contributed by atoms with Crippen LogP contribution >= 0.6 is 80.3 Å². The van der Waals surface area contributed by atoms with Gasteiger partial charge in [-0.1, -0.05) is 0 Å². The van der Waals surface area contributed by atoms with Crippen molar-refractivity contribution >= 4 is 201 Å². The summed E-state index contributed by atoms with van der Waals surface area (Å²) >= 11 is -9.84. The summed E-state index contributed by atoms with van der Waals surface area (Å²) in [6, 6.07) is 62.7. The topological polar surface area (TPSA) is 0 Å². The molecule has 0 amide bonds. The first-order chi connectivity index (χ1) is 32.0. The molecule has 10 aromatic rings. The van der Waals surface area contributed by atoms with Crippen molar-refractivity contribution < 1.29 is 0 Å². The van der Waals surface area contributed by atoms with Crippen molar-refractivity contribution in [2.24, 2.45) is 0 Å². The first kappa shape index (κ1) is 52.4. The van der Waals surface area contributed by atoms with Crippen molar-refractivity contribution in [2.45, 2.75) is 51.8 Å². The third-order valence-corrected chi connectivity index (χ3v) is 31.4. The fourth-order valence-electron chi connectivity index (χ4n) is 9.31. The maximum absolute atomic E-state index is 6.23. The van der Waals surface area contributed by atoms with Crippen LogP contribution in [0.15, 0.2) is 176 Å². The van der Waals surface area contributed by atoms with E-state index >= 15 is 0 Å². The summed E-state index contributed by atoms with van der Waals surface area (Å²) in [5, 5.41) is 17.9. The zero-order valence-electron chi connectivity index (χ0n) is 36.7. The standard InChI is InChI=1S/C25H19.C17H15.C13H13.9ClH.3Sn/c1-2-7-23-24-15-19-10-5-3-8-17(19)12-21(24)14-22-13-18-9-4-6-11-20(18)16-25(22)23;1-2-7-17-15-10-5-3-8-13(15)12-14-9-4-6-11-16(14)17;1-10(2)12-9-5-7-11-6-3-4-8-13(11)12;;;;;;;;;;;;/h3-6,8-16H,1-2,7H2;3-6,8-12H,1-2,7H2;3-10H,1H2,2H3;9*1H;;;/q;;;;;;;;;;;;3*+3/p-9. The summed E-state index contributed by atoms with van der Waals surface area (Å²) < 4.78 is 2.25. The molecule has 0 aliphatic carbocycles. The zero-order valence-corrected chi connectivity index (χ0v) is 52.0. The summed E-state index contributed by atoms with van der Waals surface area (Å²) in [6.07, 6.45) is 3.76. The van der Waals surface area contributed by atoms with Gasteiger partial charge in [0.05, 0.1) is 0 Å². The van der Waals surface area contributed by atoms with E-state index < -0.39 is 45.0 Å². The van der Waals surface area contributed by atoms with Gasteiger partial charge < -0.3 is 0 Å². The van der Waals surface area contributed by atoms with Gasteiger partial charge in [-0.2, -0.15) is 0 Å². The number of hydrogen-bond acceptors (Lipinski definition) is 0. The minimum atomic E-state index is -3.34. The second kappa shape index (κ2) is 23.3. The fourth-order valence-corrected chi connectivity index (χ4v) is 25.2. The molecule has 67 heavy (non-hydrogen) atoms. The van der Waals surface area contributed by atoms with Gasteiger partial charge in [0.25, 0.3) is 0 Å². The molecule has 12 heteroatoms. The SMILES string of the molecule is CC([CH2][Sn]([Cl])([Cl])[Cl])c1cccc2ccccc12.[Cl][Sn]([Cl])([Cl])[CH2]CCc1c2cc3ccccc3cc2cc2cc3ccccc3cc12.[Cl][Sn]([Cl])([Cl])[CH2]CCc1c2ccccc2cc2ccccc12. The second-order valence-corrected chi connectivity index (χ2v) is 82.4. The van der Waals surface area contributed by atoms with Crippen LogP contribution in [0.2, 0.25) is 13.3 Å². The van der Waals surface area contributed by atoms with E-state index in [1.807, 2.05) is 6.07 Å². The van der Waals surface area contributed by atoms with Crippen molar-refractivity contribution in [3.63, 3.8) is 0 Å². The number of hydrogen-bond donors (Lipinski definition) is 0. The van der Waals surface area contributed by atoms with Crippen LogP contribution in [0, 0.1) is 0 Å². The molecule has 0 spiro atoms. The average molecular weight is 1380 g/mol. The molecule has 0 radical (unpaired) electrons. The van der Waals surface area contributed by atoms with Crippen LogP contribution in [-0.4, -0.2) is 45.0 Å². The van der Waals surface area contributed by atoms with Gasteiger partial charge in [0.2, 0.25) is 0 Å². The Hall–Kier alpha value is -0.974. The van der Waals surface area contributed by atoms with Crippen LogP contribution in [0.1, 0.15) is 42.4 Å². The Labute approximate surface area is 439 Å². The Morgan fingerprint density at radius 3 is 1.12 bits per heavy atom. The molecule has 10 aromatic carbocycles. The van der Waals surface area contributed by atoms with Gasteiger partial charge in [0.1, 0.15) is 0 Å². The Balaban J connectivity index is 0.000000142. The molecule has 0 saturated heterocycles. The molecule has 0 saturated carbocycles. The van der Waals surface area contributed by atoms with Gasteiger partial charge in [-0.15, -0.1) is 0 Å². The van der Waals surface area contributed by atoms with Crippen molar-refractivity contribution in [3.8, 4) is 0 Å². The molecule has 342 valence electrons. The molecule has 0 fully saturated rings. The normalized spacial score (nSPS) is 12.7. The van der Waals surface area contributed by atoms with E-state index in [1.54, 1.807) is 0 Å². The molecule has 0 bridgehead atoms. The van der Waals surface area contributed by atoms with E-state index in [4.69, 9.17) is 80.3 Å². The van der Waals surface area contributed by atoms with Crippen LogP contribution in [0.25, 0.3) is 75.4 Å². The van der Waals surface area contributed by atoms with Crippen LogP contribution < -0.4 is 0 Å². The average Bonchev–Trinajstić information content (AvgIpc) is 3.29. The van der Waals surface area contributed by atoms with E-state index in [2.05, 4.69) is 177 Å². The molecule has 1 unspecified atom stereocenters. The molecule has 0 aromatic heterocycles. The summed E-state index contributed by atoms with van der Waals surface area (Å²) in [7, 11) is 55.1. The monoisotopic (exact) mass is 1380 g/mol. The zero-order chi connectivity index (χ0) is 47.3. The third kappa shape index (κ3) is 14.2. The summed E-state index contributed by atoms with van der Waals surface area (Å²) in [6.45, 7) is 2.14. The van der Waals surface area contributed by atoms with E-state index in [-0.39, 0.29) is 0 Å². The van der Waals surface area contributed by atoms with Crippen molar-refractivity contribution in [3.05, 3.63) is 193 Å². The number of halogens is 9. The molecular weight excluding hydrogens is 1340 g/mol. The second-order valence-electron chi connectivity index (χ2n) is 17.2. The maximum atomic E-state index is 6.23. The fraction of sp³-hybridized carbons (Fsp3) is 0.164. The third-order valence-electron chi connectivity index (χ3n) is 12.3.